The Balaban J connectivity index is 1.86. The van der Waals surface area contributed by atoms with E-state index in [4.69, 9.17) is 4.74 Å². The molecule has 0 aromatic heterocycles. The van der Waals surface area contributed by atoms with Crippen LogP contribution in [0.25, 0.3) is 10.8 Å². The number of carbonyl (C=O) groups is 1. The van der Waals surface area contributed by atoms with Gasteiger partial charge in [0.25, 0.3) is 0 Å². The number of fused-ring (bicyclic) bond motifs is 1. The third kappa shape index (κ3) is 4.82. The number of phenolic OH excluding ortho intramolecular Hbond substituents is 1. The lowest BCUT2D eigenvalue weighted by molar-refractivity contribution is -0.150. The molecular weight excluding hydrogens is 398 g/mol. The van der Waals surface area contributed by atoms with Gasteiger partial charge in [-0.15, -0.1) is 0 Å². The summed E-state index contributed by atoms with van der Waals surface area (Å²) in [5.41, 5.74) is 2.74. The Morgan fingerprint density at radius 3 is 1.97 bits per heavy atom. The van der Waals surface area contributed by atoms with Gasteiger partial charge in [-0.05, 0) is 34.9 Å². The second-order valence-corrected chi connectivity index (χ2v) is 7.75. The molecule has 0 aliphatic rings. The number of aromatic hydroxyl groups is 1. The molecular formula is C28H27NO3. The summed E-state index contributed by atoms with van der Waals surface area (Å²) >= 11 is 0. The normalized spacial score (nSPS) is 12.1. The van der Waals surface area contributed by atoms with Crippen molar-refractivity contribution in [1.29, 1.82) is 0 Å². The SMILES string of the molecule is CCOC(=O)C(c1c(O)ccc2ccccc12)N(Cc1ccccc1)Cc1ccccc1. The van der Waals surface area contributed by atoms with E-state index in [1.54, 1.807) is 13.0 Å². The van der Waals surface area contributed by atoms with Gasteiger partial charge in [-0.1, -0.05) is 91.0 Å². The second-order valence-electron chi connectivity index (χ2n) is 7.75. The molecule has 4 heteroatoms. The van der Waals surface area contributed by atoms with E-state index < -0.39 is 6.04 Å². The summed E-state index contributed by atoms with van der Waals surface area (Å²) in [5, 5.41) is 12.8. The molecule has 0 spiro atoms. The van der Waals surface area contributed by atoms with Crippen molar-refractivity contribution >= 4 is 16.7 Å². The van der Waals surface area contributed by atoms with Crippen LogP contribution in [-0.2, 0) is 22.6 Å². The van der Waals surface area contributed by atoms with Crippen molar-refractivity contribution in [3.8, 4) is 5.75 Å². The molecule has 4 aromatic rings. The Bertz CT molecular complexity index is 1130. The number of phenols is 1. The van der Waals surface area contributed by atoms with Crippen LogP contribution in [0.15, 0.2) is 97.1 Å². The number of ether oxygens (including phenoxy) is 1. The Hall–Kier alpha value is -3.63. The summed E-state index contributed by atoms with van der Waals surface area (Å²) in [6, 6.07) is 30.7. The fourth-order valence-corrected chi connectivity index (χ4v) is 4.12. The molecule has 4 rings (SSSR count). The highest BCUT2D eigenvalue weighted by Crippen LogP contribution is 2.37. The maximum absolute atomic E-state index is 13.4. The molecule has 1 N–H and O–H groups in total. The van der Waals surface area contributed by atoms with Gasteiger partial charge < -0.3 is 9.84 Å². The van der Waals surface area contributed by atoms with E-state index in [-0.39, 0.29) is 18.3 Å². The van der Waals surface area contributed by atoms with Crippen LogP contribution < -0.4 is 0 Å². The monoisotopic (exact) mass is 425 g/mol. The number of hydrogen-bond acceptors (Lipinski definition) is 4. The van der Waals surface area contributed by atoms with Crippen LogP contribution in [0.1, 0.15) is 29.7 Å². The van der Waals surface area contributed by atoms with Crippen LogP contribution in [-0.4, -0.2) is 22.6 Å². The van der Waals surface area contributed by atoms with Crippen molar-refractivity contribution in [3.63, 3.8) is 0 Å². The Labute approximate surface area is 188 Å². The van der Waals surface area contributed by atoms with Gasteiger partial charge >= 0.3 is 5.97 Å². The van der Waals surface area contributed by atoms with E-state index in [0.29, 0.717) is 18.7 Å². The zero-order chi connectivity index (χ0) is 22.3. The van der Waals surface area contributed by atoms with E-state index in [0.717, 1.165) is 21.9 Å². The average molecular weight is 426 g/mol. The molecule has 0 radical (unpaired) electrons. The molecule has 0 bridgehead atoms. The highest BCUT2D eigenvalue weighted by molar-refractivity contribution is 5.93. The van der Waals surface area contributed by atoms with Crippen molar-refractivity contribution in [3.05, 3.63) is 114 Å². The van der Waals surface area contributed by atoms with Gasteiger partial charge in [0.2, 0.25) is 0 Å². The van der Waals surface area contributed by atoms with Crippen LogP contribution >= 0.6 is 0 Å². The minimum absolute atomic E-state index is 0.0906. The van der Waals surface area contributed by atoms with Crippen molar-refractivity contribution in [2.45, 2.75) is 26.1 Å². The molecule has 4 nitrogen and oxygen atoms in total. The van der Waals surface area contributed by atoms with Crippen molar-refractivity contribution in [2.24, 2.45) is 0 Å². The molecule has 1 unspecified atom stereocenters. The van der Waals surface area contributed by atoms with Gasteiger partial charge in [0.15, 0.2) is 0 Å². The summed E-state index contributed by atoms with van der Waals surface area (Å²) in [6.07, 6.45) is 0. The Kier molecular flexibility index (Phi) is 6.83. The number of carbonyl (C=O) groups excluding carboxylic acids is 1. The van der Waals surface area contributed by atoms with Crippen LogP contribution in [0.3, 0.4) is 0 Å². The number of esters is 1. The van der Waals surface area contributed by atoms with Gasteiger partial charge in [-0.25, -0.2) is 4.79 Å². The van der Waals surface area contributed by atoms with E-state index >= 15 is 0 Å². The maximum atomic E-state index is 13.4. The fraction of sp³-hybridized carbons (Fsp3) is 0.179. The number of nitrogens with zero attached hydrogens (tertiary/aromatic N) is 1. The maximum Gasteiger partial charge on any atom is 0.328 e. The van der Waals surface area contributed by atoms with E-state index in [1.165, 1.54) is 0 Å². The molecule has 0 saturated heterocycles. The summed E-state index contributed by atoms with van der Waals surface area (Å²) in [6.45, 7) is 3.13. The van der Waals surface area contributed by atoms with Crippen molar-refractivity contribution < 1.29 is 14.6 Å². The standard InChI is InChI=1S/C28H27NO3/c1-2-32-28(31)27(26-24-16-10-9-15-23(24)17-18-25(26)30)29(19-21-11-5-3-6-12-21)20-22-13-7-4-8-14-22/h3-18,27,30H,2,19-20H2,1H3. The van der Waals surface area contributed by atoms with Crippen molar-refractivity contribution in [2.75, 3.05) is 6.61 Å². The predicted octanol–water partition coefficient (Wildman–Crippen LogP) is 5.85. The highest BCUT2D eigenvalue weighted by atomic mass is 16.5. The molecule has 1 atom stereocenters. The summed E-state index contributed by atoms with van der Waals surface area (Å²) < 4.78 is 5.53. The minimum Gasteiger partial charge on any atom is -0.508 e. The summed E-state index contributed by atoms with van der Waals surface area (Å²) in [7, 11) is 0. The lowest BCUT2D eigenvalue weighted by atomic mass is 9.95. The third-order valence-corrected chi connectivity index (χ3v) is 5.55. The van der Waals surface area contributed by atoms with E-state index in [2.05, 4.69) is 4.90 Å². The summed E-state index contributed by atoms with van der Waals surface area (Å²) in [5.74, 6) is -0.279. The highest BCUT2D eigenvalue weighted by Gasteiger charge is 2.33. The predicted molar refractivity (Wildman–Crippen MR) is 127 cm³/mol. The first-order valence-electron chi connectivity index (χ1n) is 10.9. The molecule has 0 amide bonds. The minimum atomic E-state index is -0.763. The molecule has 4 aromatic carbocycles. The average Bonchev–Trinajstić information content (AvgIpc) is 2.82. The van der Waals surface area contributed by atoms with E-state index in [1.807, 2.05) is 91.0 Å². The largest absolute Gasteiger partial charge is 0.508 e. The van der Waals surface area contributed by atoms with Gasteiger partial charge in [0.1, 0.15) is 11.8 Å². The lowest BCUT2D eigenvalue weighted by Gasteiger charge is -2.32. The number of benzene rings is 4. The first kappa shape index (κ1) is 21.6. The zero-order valence-electron chi connectivity index (χ0n) is 18.1. The van der Waals surface area contributed by atoms with E-state index in [9.17, 15) is 9.90 Å². The third-order valence-electron chi connectivity index (χ3n) is 5.55. The number of rotatable bonds is 8. The molecule has 0 aliphatic carbocycles. The van der Waals surface area contributed by atoms with Gasteiger partial charge in [-0.3, -0.25) is 4.90 Å². The zero-order valence-corrected chi connectivity index (χ0v) is 18.1. The first-order valence-corrected chi connectivity index (χ1v) is 10.9. The second kappa shape index (κ2) is 10.1. The molecule has 0 heterocycles. The quantitative estimate of drug-likeness (QED) is 0.360. The molecule has 162 valence electrons. The lowest BCUT2D eigenvalue weighted by Crippen LogP contribution is -2.35. The Morgan fingerprint density at radius 2 is 1.38 bits per heavy atom. The fourth-order valence-electron chi connectivity index (χ4n) is 4.12. The Morgan fingerprint density at radius 1 is 0.812 bits per heavy atom. The number of hydrogen-bond donors (Lipinski definition) is 1. The molecule has 0 fully saturated rings. The van der Waals surface area contributed by atoms with Gasteiger partial charge in [0, 0.05) is 18.7 Å². The van der Waals surface area contributed by atoms with Crippen LogP contribution in [0.4, 0.5) is 0 Å². The molecule has 0 aliphatic heterocycles. The van der Waals surface area contributed by atoms with Gasteiger partial charge in [-0.2, -0.15) is 0 Å². The molecule has 0 saturated carbocycles. The topological polar surface area (TPSA) is 49.8 Å². The summed E-state index contributed by atoms with van der Waals surface area (Å²) in [4.78, 5) is 15.5. The van der Waals surface area contributed by atoms with Crippen molar-refractivity contribution in [1.82, 2.24) is 4.90 Å². The van der Waals surface area contributed by atoms with Crippen LogP contribution in [0.5, 0.6) is 5.75 Å². The van der Waals surface area contributed by atoms with Gasteiger partial charge in [0.05, 0.1) is 6.61 Å². The van der Waals surface area contributed by atoms with Crippen LogP contribution in [0, 0.1) is 0 Å². The molecule has 32 heavy (non-hydrogen) atoms. The first-order chi connectivity index (χ1) is 15.7. The van der Waals surface area contributed by atoms with Crippen LogP contribution in [0.2, 0.25) is 0 Å². The smallest absolute Gasteiger partial charge is 0.328 e.